The van der Waals surface area contributed by atoms with E-state index in [4.69, 9.17) is 15.6 Å². The number of phenols is 1. The predicted molar refractivity (Wildman–Crippen MR) is 61.6 cm³/mol. The minimum absolute atomic E-state index is 0.00167. The molecule has 0 saturated heterocycles. The molecule has 0 fully saturated rings. The van der Waals surface area contributed by atoms with E-state index < -0.39 is 17.8 Å². The third-order valence-electron chi connectivity index (χ3n) is 2.21. The highest BCUT2D eigenvalue weighted by molar-refractivity contribution is 9.10. The minimum Gasteiger partial charge on any atom is -0.503 e. The molecule has 0 aromatic heterocycles. The van der Waals surface area contributed by atoms with Gasteiger partial charge < -0.3 is 20.7 Å². The van der Waals surface area contributed by atoms with Crippen LogP contribution in [0.2, 0.25) is 0 Å². The lowest BCUT2D eigenvalue weighted by Crippen LogP contribution is -2.32. The maximum absolute atomic E-state index is 13.6. The molecular weight excluding hydrogens is 297 g/mol. The molecule has 1 unspecified atom stereocenters. The monoisotopic (exact) mass is 307 g/mol. The fourth-order valence-corrected chi connectivity index (χ4v) is 1.82. The molecule has 4 N–H and O–H groups in total. The largest absolute Gasteiger partial charge is 0.503 e. The molecule has 1 rings (SSSR count). The van der Waals surface area contributed by atoms with Crippen LogP contribution in [0.15, 0.2) is 10.5 Å². The summed E-state index contributed by atoms with van der Waals surface area (Å²) in [6.07, 6.45) is -0.237. The average molecular weight is 308 g/mol. The smallest absolute Gasteiger partial charge is 0.320 e. The number of carbonyl (C=O) groups is 1. The maximum Gasteiger partial charge on any atom is 0.320 e. The predicted octanol–water partition coefficient (Wildman–Crippen LogP) is 1.26. The molecule has 1 aromatic rings. The van der Waals surface area contributed by atoms with Gasteiger partial charge in [-0.05, 0) is 15.9 Å². The van der Waals surface area contributed by atoms with Gasteiger partial charge in [0, 0.05) is 18.1 Å². The molecule has 0 radical (unpaired) electrons. The number of benzene rings is 1. The average Bonchev–Trinajstić information content (AvgIpc) is 2.28. The summed E-state index contributed by atoms with van der Waals surface area (Å²) in [7, 11) is 1.28. The van der Waals surface area contributed by atoms with Crippen LogP contribution in [0, 0.1) is 5.82 Å². The molecule has 0 aliphatic rings. The molecule has 1 atom stereocenters. The van der Waals surface area contributed by atoms with Crippen LogP contribution in [-0.4, -0.2) is 29.3 Å². The highest BCUT2D eigenvalue weighted by atomic mass is 79.9. The summed E-state index contributed by atoms with van der Waals surface area (Å²) < 4.78 is 18.4. The molecule has 0 aliphatic carbocycles. The van der Waals surface area contributed by atoms with Crippen molar-refractivity contribution in [2.45, 2.75) is 12.5 Å². The Balaban J connectivity index is 3.17. The van der Waals surface area contributed by atoms with E-state index in [0.29, 0.717) is 0 Å². The van der Waals surface area contributed by atoms with E-state index in [0.717, 1.165) is 6.07 Å². The summed E-state index contributed by atoms with van der Waals surface area (Å²) >= 11 is 2.98. The van der Waals surface area contributed by atoms with Crippen molar-refractivity contribution in [1.29, 1.82) is 0 Å². The zero-order chi connectivity index (χ0) is 13.2. The molecule has 0 saturated carbocycles. The molecule has 0 heterocycles. The second-order valence-corrected chi connectivity index (χ2v) is 4.14. The van der Waals surface area contributed by atoms with Crippen LogP contribution in [0.4, 0.5) is 4.39 Å². The molecule has 94 valence electrons. The normalized spacial score (nSPS) is 12.2. The second kappa shape index (κ2) is 5.33. The number of rotatable bonds is 4. The summed E-state index contributed by atoms with van der Waals surface area (Å²) in [6, 6.07) is -0.266. The molecule has 0 bridgehead atoms. The number of ether oxygens (including phenoxy) is 1. The minimum atomic E-state index is -1.24. The van der Waals surface area contributed by atoms with Crippen molar-refractivity contribution in [2.24, 2.45) is 5.73 Å². The molecule has 7 heteroatoms. The van der Waals surface area contributed by atoms with Crippen molar-refractivity contribution in [2.75, 3.05) is 7.11 Å². The van der Waals surface area contributed by atoms with Gasteiger partial charge in [-0.1, -0.05) is 0 Å². The number of phenolic OH excluding ortho intramolecular Hbond substituents is 1. The van der Waals surface area contributed by atoms with Gasteiger partial charge in [-0.2, -0.15) is 0 Å². The van der Waals surface area contributed by atoms with Crippen LogP contribution in [0.3, 0.4) is 0 Å². The first kappa shape index (κ1) is 13.7. The van der Waals surface area contributed by atoms with Gasteiger partial charge in [-0.25, -0.2) is 4.39 Å². The summed E-state index contributed by atoms with van der Waals surface area (Å²) in [4.78, 5) is 10.6. The first-order valence-electron chi connectivity index (χ1n) is 4.60. The number of aliphatic carboxylic acids is 1. The summed E-state index contributed by atoms with van der Waals surface area (Å²) in [5, 5.41) is 18.3. The fraction of sp³-hybridized carbons (Fsp3) is 0.300. The van der Waals surface area contributed by atoms with Crippen LogP contribution < -0.4 is 10.5 Å². The van der Waals surface area contributed by atoms with Crippen molar-refractivity contribution in [3.8, 4) is 11.5 Å². The van der Waals surface area contributed by atoms with Crippen LogP contribution >= 0.6 is 15.9 Å². The van der Waals surface area contributed by atoms with Crippen LogP contribution in [0.1, 0.15) is 5.56 Å². The first-order valence-corrected chi connectivity index (χ1v) is 5.40. The van der Waals surface area contributed by atoms with Crippen molar-refractivity contribution < 1.29 is 24.1 Å². The van der Waals surface area contributed by atoms with E-state index in [9.17, 15) is 14.3 Å². The Kier molecular flexibility index (Phi) is 4.30. The van der Waals surface area contributed by atoms with Gasteiger partial charge in [0.2, 0.25) is 0 Å². The van der Waals surface area contributed by atoms with Gasteiger partial charge in [0.1, 0.15) is 11.9 Å². The lowest BCUT2D eigenvalue weighted by Gasteiger charge is -2.13. The quantitative estimate of drug-likeness (QED) is 0.778. The van der Waals surface area contributed by atoms with Crippen molar-refractivity contribution in [3.63, 3.8) is 0 Å². The van der Waals surface area contributed by atoms with Gasteiger partial charge in [-0.3, -0.25) is 4.79 Å². The van der Waals surface area contributed by atoms with Gasteiger partial charge in [0.05, 0.1) is 11.6 Å². The van der Waals surface area contributed by atoms with Gasteiger partial charge >= 0.3 is 5.97 Å². The Morgan fingerprint density at radius 2 is 2.29 bits per heavy atom. The fourth-order valence-electron chi connectivity index (χ4n) is 1.28. The maximum atomic E-state index is 13.6. The van der Waals surface area contributed by atoms with Gasteiger partial charge in [-0.15, -0.1) is 0 Å². The number of halogens is 2. The number of carboxylic acids is 1. The number of nitrogens with two attached hydrogens (primary N) is 1. The van der Waals surface area contributed by atoms with Crippen LogP contribution in [0.5, 0.6) is 11.5 Å². The second-order valence-electron chi connectivity index (χ2n) is 3.35. The Hall–Kier alpha value is -1.34. The highest BCUT2D eigenvalue weighted by Gasteiger charge is 2.21. The molecule has 0 amide bonds. The zero-order valence-electron chi connectivity index (χ0n) is 8.91. The van der Waals surface area contributed by atoms with Gasteiger partial charge in [0.25, 0.3) is 0 Å². The third kappa shape index (κ3) is 2.86. The van der Waals surface area contributed by atoms with E-state index in [1.807, 2.05) is 0 Å². The molecule has 0 aliphatic heterocycles. The standard InChI is InChI=1S/C10H11BrFNO4/c1-17-7-3-5(12)4(8(11)9(7)14)2-6(13)10(15)16/h3,6,14H,2,13H2,1H3,(H,15,16). The molecular formula is C10H11BrFNO4. The SMILES string of the molecule is COc1cc(F)c(CC(N)C(=O)O)c(Br)c1O. The third-order valence-corrected chi connectivity index (χ3v) is 3.07. The van der Waals surface area contributed by atoms with E-state index in [-0.39, 0.29) is 28.0 Å². The Bertz CT molecular complexity index is 452. The Labute approximate surface area is 105 Å². The zero-order valence-corrected chi connectivity index (χ0v) is 10.5. The highest BCUT2D eigenvalue weighted by Crippen LogP contribution is 2.38. The topological polar surface area (TPSA) is 92.8 Å². The van der Waals surface area contributed by atoms with E-state index in [1.165, 1.54) is 7.11 Å². The number of carboxylic acid groups (broad SMARTS) is 1. The number of hydrogen-bond acceptors (Lipinski definition) is 4. The number of methoxy groups -OCH3 is 1. The summed E-state index contributed by atoms with van der Waals surface area (Å²) in [5.74, 6) is -2.27. The molecule has 5 nitrogen and oxygen atoms in total. The summed E-state index contributed by atoms with van der Waals surface area (Å²) in [6.45, 7) is 0. The van der Waals surface area contributed by atoms with Crippen molar-refractivity contribution in [3.05, 3.63) is 21.9 Å². The molecule has 0 spiro atoms. The first-order chi connectivity index (χ1) is 7.88. The van der Waals surface area contributed by atoms with Gasteiger partial charge in [0.15, 0.2) is 11.5 Å². The molecule has 17 heavy (non-hydrogen) atoms. The van der Waals surface area contributed by atoms with E-state index in [1.54, 1.807) is 0 Å². The Morgan fingerprint density at radius 1 is 1.71 bits per heavy atom. The van der Waals surface area contributed by atoms with Crippen LogP contribution in [0.25, 0.3) is 0 Å². The lowest BCUT2D eigenvalue weighted by molar-refractivity contribution is -0.138. The molecule has 1 aromatic carbocycles. The lowest BCUT2D eigenvalue weighted by atomic mass is 10.1. The number of hydrogen-bond donors (Lipinski definition) is 3. The van der Waals surface area contributed by atoms with E-state index >= 15 is 0 Å². The Morgan fingerprint density at radius 3 is 2.76 bits per heavy atom. The van der Waals surface area contributed by atoms with Crippen molar-refractivity contribution >= 4 is 21.9 Å². The van der Waals surface area contributed by atoms with Crippen molar-refractivity contribution in [1.82, 2.24) is 0 Å². The van der Waals surface area contributed by atoms with E-state index in [2.05, 4.69) is 15.9 Å². The number of aromatic hydroxyl groups is 1. The summed E-state index contributed by atoms with van der Waals surface area (Å²) in [5.41, 5.74) is 5.31. The van der Waals surface area contributed by atoms with Crippen LogP contribution in [-0.2, 0) is 11.2 Å².